The lowest BCUT2D eigenvalue weighted by Crippen LogP contribution is -2.79. The molecule has 0 aliphatic rings. The molecule has 0 spiro atoms. The average Bonchev–Trinajstić information content (AvgIpc) is 3.18. The predicted molar refractivity (Wildman–Crippen MR) is 344 cm³/mol. The van der Waals surface area contributed by atoms with Crippen LogP contribution in [0.3, 0.4) is 0 Å². The maximum absolute atomic E-state index is 5.72. The standard InChI is InChI=1S/C75H87N7/c76-46-47-77-48-49-78-50-51-79-52-53-80-63-73(54-64-28-10-1-11-29-64,55-65-30-12-2-13-31-65)82(62-72-44-26-9-27-45-72)75(58-68-36-18-5-19-37-68,59-69-38-20-6-21-39-69)74(56-66-32-14-3-15-33-66,57-67-34-16-4-17-35-67)81(60-70-40-22-7-23-41-70)61-71-42-24-8-25-43-71/h1-45,77-80H,46-63,76H2. The fourth-order valence-electron chi connectivity index (χ4n) is 12.7. The minimum atomic E-state index is -0.699. The van der Waals surface area contributed by atoms with Crippen LogP contribution >= 0.6 is 0 Å². The molecule has 6 N–H and O–H groups in total. The lowest BCUT2D eigenvalue weighted by atomic mass is 9.60. The number of benzene rings is 9. The Labute approximate surface area is 491 Å². The van der Waals surface area contributed by atoms with Crippen LogP contribution in [0.1, 0.15) is 50.1 Å². The van der Waals surface area contributed by atoms with Gasteiger partial charge in [-0.3, -0.25) is 9.80 Å². The van der Waals surface area contributed by atoms with Crippen molar-refractivity contribution < 1.29 is 0 Å². The Morgan fingerprint density at radius 2 is 0.500 bits per heavy atom. The molecule has 9 aromatic rings. The van der Waals surface area contributed by atoms with Gasteiger partial charge in [0.25, 0.3) is 0 Å². The summed E-state index contributed by atoms with van der Waals surface area (Å²) in [6.45, 7) is 9.63. The van der Waals surface area contributed by atoms with Crippen molar-refractivity contribution >= 4 is 0 Å². The highest BCUT2D eigenvalue weighted by Gasteiger charge is 2.61. The quantitative estimate of drug-likeness (QED) is 0.0253. The van der Waals surface area contributed by atoms with Gasteiger partial charge in [0.15, 0.2) is 0 Å². The van der Waals surface area contributed by atoms with Gasteiger partial charge in [0.1, 0.15) is 0 Å². The van der Waals surface area contributed by atoms with E-state index in [-0.39, 0.29) is 0 Å². The largest absolute Gasteiger partial charge is 0.329 e. The second-order valence-corrected chi connectivity index (χ2v) is 22.4. The summed E-state index contributed by atoms with van der Waals surface area (Å²) in [6.07, 6.45) is 4.66. The summed E-state index contributed by atoms with van der Waals surface area (Å²) in [7, 11) is 0. The molecule has 9 rings (SSSR count). The van der Waals surface area contributed by atoms with Crippen LogP contribution in [-0.2, 0) is 58.2 Å². The van der Waals surface area contributed by atoms with Crippen LogP contribution in [0, 0.1) is 0 Å². The maximum Gasteiger partial charge on any atom is 0.0490 e. The van der Waals surface area contributed by atoms with Crippen molar-refractivity contribution in [2.45, 2.75) is 74.8 Å². The van der Waals surface area contributed by atoms with E-state index in [1.54, 1.807) is 0 Å². The second-order valence-electron chi connectivity index (χ2n) is 22.4. The topological polar surface area (TPSA) is 80.6 Å². The molecule has 7 heteroatoms. The Kier molecular flexibility index (Phi) is 23.0. The van der Waals surface area contributed by atoms with Gasteiger partial charge >= 0.3 is 0 Å². The molecule has 0 aromatic heterocycles. The lowest BCUT2D eigenvalue weighted by molar-refractivity contribution is -0.135. The van der Waals surface area contributed by atoms with Gasteiger partial charge in [-0.15, -0.1) is 0 Å². The van der Waals surface area contributed by atoms with Gasteiger partial charge < -0.3 is 27.0 Å². The summed E-state index contributed by atoms with van der Waals surface area (Å²) in [5.41, 5.74) is 15.6. The van der Waals surface area contributed by atoms with Gasteiger partial charge in [-0.25, -0.2) is 0 Å². The third-order valence-electron chi connectivity index (χ3n) is 16.5. The number of nitrogens with two attached hydrogens (primary N) is 1. The van der Waals surface area contributed by atoms with Crippen molar-refractivity contribution in [1.29, 1.82) is 0 Å². The summed E-state index contributed by atoms with van der Waals surface area (Å²) in [4.78, 5) is 6.09. The van der Waals surface area contributed by atoms with E-state index < -0.39 is 16.6 Å². The number of nitrogens with one attached hydrogen (secondary N) is 4. The normalized spacial score (nSPS) is 12.0. The molecule has 0 amide bonds. The number of hydrogen-bond acceptors (Lipinski definition) is 7. The van der Waals surface area contributed by atoms with Crippen molar-refractivity contribution in [3.05, 3.63) is 323 Å². The Hall–Kier alpha value is -7.30. The fraction of sp³-hybridized carbons (Fsp3) is 0.280. The first-order valence-corrected chi connectivity index (χ1v) is 30.0. The van der Waals surface area contributed by atoms with Crippen molar-refractivity contribution in [2.24, 2.45) is 5.73 Å². The summed E-state index contributed by atoms with van der Waals surface area (Å²) in [6, 6.07) is 103. The summed E-state index contributed by atoms with van der Waals surface area (Å²) >= 11 is 0. The summed E-state index contributed by atoms with van der Waals surface area (Å²) in [5.74, 6) is 0. The van der Waals surface area contributed by atoms with Crippen molar-refractivity contribution in [3.63, 3.8) is 0 Å². The molecule has 0 saturated carbocycles. The van der Waals surface area contributed by atoms with Crippen LogP contribution in [0.5, 0.6) is 0 Å². The van der Waals surface area contributed by atoms with Gasteiger partial charge in [0.2, 0.25) is 0 Å². The first-order chi connectivity index (χ1) is 40.5. The molecule has 7 nitrogen and oxygen atoms in total. The van der Waals surface area contributed by atoms with Crippen LogP contribution < -0.4 is 27.0 Å². The van der Waals surface area contributed by atoms with E-state index in [4.69, 9.17) is 5.73 Å². The molecule has 0 heterocycles. The molecule has 0 radical (unpaired) electrons. The SMILES string of the molecule is NCCNCCNCCNCCNCC(Cc1ccccc1)(Cc1ccccc1)N(Cc1ccccc1)C(Cc1ccccc1)(Cc1ccccc1)C(Cc1ccccc1)(Cc1ccccc1)N(Cc1ccccc1)Cc1ccccc1. The van der Waals surface area contributed by atoms with Crippen LogP contribution in [0.25, 0.3) is 0 Å². The van der Waals surface area contributed by atoms with Crippen molar-refractivity contribution in [3.8, 4) is 0 Å². The zero-order chi connectivity index (χ0) is 56.2. The Morgan fingerprint density at radius 1 is 0.256 bits per heavy atom. The predicted octanol–water partition coefficient (Wildman–Crippen LogP) is 12.2. The maximum atomic E-state index is 5.72. The monoisotopic (exact) mass is 1090 g/mol. The molecular weight excluding hydrogens is 999 g/mol. The Balaban J connectivity index is 1.37. The van der Waals surface area contributed by atoms with Gasteiger partial charge in [-0.1, -0.05) is 273 Å². The first-order valence-electron chi connectivity index (χ1n) is 30.0. The molecule has 0 aliphatic carbocycles. The molecule has 0 unspecified atom stereocenters. The number of hydrogen-bond donors (Lipinski definition) is 5. The van der Waals surface area contributed by atoms with Crippen LogP contribution in [0.15, 0.2) is 273 Å². The molecule has 422 valence electrons. The zero-order valence-corrected chi connectivity index (χ0v) is 48.2. The summed E-state index contributed by atoms with van der Waals surface area (Å²) in [5, 5.41) is 15.1. The average molecular weight is 1090 g/mol. The number of nitrogens with zero attached hydrogens (tertiary/aromatic N) is 2. The van der Waals surface area contributed by atoms with Crippen molar-refractivity contribution in [2.75, 3.05) is 58.9 Å². The molecule has 0 bridgehead atoms. The van der Waals surface area contributed by atoms with E-state index in [9.17, 15) is 0 Å². The minimum absolute atomic E-state index is 0.552. The third kappa shape index (κ3) is 16.9. The Bertz CT molecular complexity index is 2930. The third-order valence-corrected chi connectivity index (χ3v) is 16.5. The highest BCUT2D eigenvalue weighted by molar-refractivity contribution is 5.38. The first kappa shape index (κ1) is 59.3. The van der Waals surface area contributed by atoms with Gasteiger partial charge in [-0.05, 0) is 88.6 Å². The summed E-state index contributed by atoms with van der Waals surface area (Å²) < 4.78 is 0. The molecule has 0 saturated heterocycles. The van der Waals surface area contributed by atoms with Crippen LogP contribution in [0.4, 0.5) is 0 Å². The van der Waals surface area contributed by atoms with E-state index >= 15 is 0 Å². The van der Waals surface area contributed by atoms with Gasteiger partial charge in [0, 0.05) is 95.2 Å². The van der Waals surface area contributed by atoms with Crippen LogP contribution in [0.2, 0.25) is 0 Å². The highest BCUT2D eigenvalue weighted by Crippen LogP contribution is 2.50. The van der Waals surface area contributed by atoms with E-state index in [0.717, 1.165) is 104 Å². The molecule has 0 atom stereocenters. The highest BCUT2D eigenvalue weighted by atomic mass is 15.4. The van der Waals surface area contributed by atoms with E-state index in [1.165, 1.54) is 50.1 Å². The molecular formula is C75H87N7. The second kappa shape index (κ2) is 31.8. The lowest BCUT2D eigenvalue weighted by Gasteiger charge is -2.66. The molecule has 0 aliphatic heterocycles. The molecule has 82 heavy (non-hydrogen) atoms. The minimum Gasteiger partial charge on any atom is -0.329 e. The van der Waals surface area contributed by atoms with E-state index in [2.05, 4.69) is 304 Å². The van der Waals surface area contributed by atoms with Gasteiger partial charge in [-0.2, -0.15) is 0 Å². The Morgan fingerprint density at radius 3 is 0.805 bits per heavy atom. The van der Waals surface area contributed by atoms with E-state index in [0.29, 0.717) is 13.1 Å². The smallest absolute Gasteiger partial charge is 0.0490 e. The molecule has 9 aromatic carbocycles. The van der Waals surface area contributed by atoms with Crippen LogP contribution in [-0.4, -0.2) is 85.3 Å². The van der Waals surface area contributed by atoms with E-state index in [1.807, 2.05) is 0 Å². The number of rotatable bonds is 35. The fourth-order valence-corrected chi connectivity index (χ4v) is 12.7. The van der Waals surface area contributed by atoms with Gasteiger partial charge in [0.05, 0.1) is 0 Å². The zero-order valence-electron chi connectivity index (χ0n) is 48.2. The van der Waals surface area contributed by atoms with Crippen molar-refractivity contribution in [1.82, 2.24) is 31.1 Å². The molecule has 0 fully saturated rings.